The van der Waals surface area contributed by atoms with Gasteiger partial charge in [-0.3, -0.25) is 14.6 Å². The molecule has 3 aromatic carbocycles. The second kappa shape index (κ2) is 15.8. The molecule has 0 aliphatic carbocycles. The summed E-state index contributed by atoms with van der Waals surface area (Å²) in [5.74, 6) is -0.0394. The number of nitrogens with zero attached hydrogens (tertiary/aromatic N) is 2. The maximum Gasteiger partial charge on any atom is 0.162 e. The topological polar surface area (TPSA) is 23.6 Å². The van der Waals surface area contributed by atoms with Gasteiger partial charge in [0.1, 0.15) is 11.6 Å². The lowest BCUT2D eigenvalue weighted by atomic mass is 9.90. The van der Waals surface area contributed by atoms with Crippen LogP contribution in [0.4, 0.5) is 8.78 Å². The normalized spacial score (nSPS) is 16.3. The number of likely N-dealkylation sites (tertiary alicyclic amines) is 1. The molecule has 3 nitrogen and oxygen atoms in total. The van der Waals surface area contributed by atoms with Crippen molar-refractivity contribution >= 4 is 30.6 Å². The summed E-state index contributed by atoms with van der Waals surface area (Å²) < 4.78 is 28.3. The highest BCUT2D eigenvalue weighted by atomic mass is 35.5. The summed E-state index contributed by atoms with van der Waals surface area (Å²) in [6.45, 7) is 7.24. The van der Waals surface area contributed by atoms with Crippen LogP contribution in [-0.4, -0.2) is 41.8 Å². The zero-order chi connectivity index (χ0) is 27.2. The summed E-state index contributed by atoms with van der Waals surface area (Å²) in [4.78, 5) is 17.7. The number of halogens is 4. The van der Waals surface area contributed by atoms with Crippen molar-refractivity contribution in [3.05, 3.63) is 106 Å². The number of piperidine rings is 1. The number of hydrogen-bond donors (Lipinski definition) is 0. The molecule has 7 heteroatoms. The largest absolute Gasteiger partial charge is 0.299 e. The summed E-state index contributed by atoms with van der Waals surface area (Å²) in [7, 11) is 0. The highest BCUT2D eigenvalue weighted by Crippen LogP contribution is 2.26. The number of aryl methyl sites for hydroxylation is 1. The number of Topliss-reactive ketones (excluding diaryl/α,β-unsaturated/α-hetero) is 1. The Morgan fingerprint density at radius 3 is 2.17 bits per heavy atom. The summed E-state index contributed by atoms with van der Waals surface area (Å²) in [5.41, 5.74) is 6.16. The Hall–Kier alpha value is -2.31. The molecular formula is C34H42Cl2F2N2O. The van der Waals surface area contributed by atoms with Crippen molar-refractivity contribution in [3.63, 3.8) is 0 Å². The first-order valence-corrected chi connectivity index (χ1v) is 14.5. The fourth-order valence-electron chi connectivity index (χ4n) is 6.17. The molecular weight excluding hydrogens is 561 g/mol. The van der Waals surface area contributed by atoms with Crippen molar-refractivity contribution < 1.29 is 13.6 Å². The fourth-order valence-corrected chi connectivity index (χ4v) is 6.17. The van der Waals surface area contributed by atoms with Crippen LogP contribution < -0.4 is 0 Å². The van der Waals surface area contributed by atoms with E-state index >= 15 is 0 Å². The van der Waals surface area contributed by atoms with Crippen molar-refractivity contribution in [1.29, 1.82) is 0 Å². The van der Waals surface area contributed by atoms with Gasteiger partial charge in [0.2, 0.25) is 0 Å². The molecule has 41 heavy (non-hydrogen) atoms. The van der Waals surface area contributed by atoms with E-state index in [0.29, 0.717) is 12.3 Å². The highest BCUT2D eigenvalue weighted by molar-refractivity contribution is 5.96. The van der Waals surface area contributed by atoms with Gasteiger partial charge < -0.3 is 0 Å². The van der Waals surface area contributed by atoms with E-state index in [9.17, 15) is 13.6 Å². The number of rotatable bonds is 9. The van der Waals surface area contributed by atoms with E-state index in [-0.39, 0.29) is 42.7 Å². The Morgan fingerprint density at radius 2 is 1.46 bits per heavy atom. The van der Waals surface area contributed by atoms with Crippen molar-refractivity contribution in [3.8, 4) is 0 Å². The lowest BCUT2D eigenvalue weighted by Gasteiger charge is -2.32. The quantitative estimate of drug-likeness (QED) is 0.232. The van der Waals surface area contributed by atoms with Gasteiger partial charge >= 0.3 is 0 Å². The monoisotopic (exact) mass is 602 g/mol. The van der Waals surface area contributed by atoms with E-state index < -0.39 is 11.6 Å². The highest BCUT2D eigenvalue weighted by Gasteiger charge is 2.21. The van der Waals surface area contributed by atoms with Crippen LogP contribution >= 0.6 is 24.8 Å². The molecule has 0 amide bonds. The van der Waals surface area contributed by atoms with Gasteiger partial charge in [-0.2, -0.15) is 0 Å². The zero-order valence-electron chi connectivity index (χ0n) is 23.9. The van der Waals surface area contributed by atoms with Gasteiger partial charge in [0.05, 0.1) is 0 Å². The third-order valence-corrected chi connectivity index (χ3v) is 8.74. The van der Waals surface area contributed by atoms with Crippen LogP contribution in [0.1, 0.15) is 70.3 Å². The summed E-state index contributed by atoms with van der Waals surface area (Å²) in [6, 6.07) is 18.8. The van der Waals surface area contributed by atoms with E-state index in [1.165, 1.54) is 53.3 Å². The molecule has 0 aromatic heterocycles. The summed E-state index contributed by atoms with van der Waals surface area (Å²) in [6.07, 6.45) is 6.70. The molecule has 222 valence electrons. The number of carbonyl (C=O) groups excluding carboxylic acids is 1. The third kappa shape index (κ3) is 8.84. The number of carbonyl (C=O) groups is 1. The van der Waals surface area contributed by atoms with Crippen molar-refractivity contribution in [2.75, 3.05) is 26.2 Å². The third-order valence-electron chi connectivity index (χ3n) is 8.74. The van der Waals surface area contributed by atoms with Crippen LogP contribution in [-0.2, 0) is 25.9 Å². The van der Waals surface area contributed by atoms with Crippen LogP contribution in [0, 0.1) is 24.5 Å². The van der Waals surface area contributed by atoms with Crippen LogP contribution in [0.25, 0.3) is 0 Å². The molecule has 2 aliphatic rings. The lowest BCUT2D eigenvalue weighted by molar-refractivity contribution is 0.0974. The van der Waals surface area contributed by atoms with Gasteiger partial charge in [0.15, 0.2) is 5.78 Å². The van der Waals surface area contributed by atoms with E-state index in [2.05, 4.69) is 53.1 Å². The first kappa shape index (κ1) is 33.2. The number of fused-ring (bicyclic) bond motifs is 1. The SMILES string of the molecule is Cc1ccccc1CN1CCC(CCCC(=O)c2ccc3c(c2)CCN(Cc2c(F)cccc2F)CC3)CC1.Cl.Cl. The minimum atomic E-state index is -0.488. The Balaban J connectivity index is 0.00000231. The molecule has 2 aliphatic heterocycles. The minimum absolute atomic E-state index is 0. The Bertz CT molecular complexity index is 1270. The maximum atomic E-state index is 14.1. The summed E-state index contributed by atoms with van der Waals surface area (Å²) >= 11 is 0. The number of benzene rings is 3. The van der Waals surface area contributed by atoms with Crippen LogP contribution in [0.15, 0.2) is 60.7 Å². The van der Waals surface area contributed by atoms with Gasteiger partial charge in [-0.1, -0.05) is 42.5 Å². The molecule has 3 aromatic rings. The van der Waals surface area contributed by atoms with E-state index in [1.807, 2.05) is 6.07 Å². The van der Waals surface area contributed by atoms with Crippen molar-refractivity contribution in [2.45, 2.75) is 65.0 Å². The predicted molar refractivity (Wildman–Crippen MR) is 167 cm³/mol. The standard InChI is InChI=1S/C34H40F2N2O.2ClH/c1-25-6-2-3-8-30(25)23-37-18-14-26(15-19-37)7-4-11-34(39)29-13-12-27-16-20-38(21-17-28(27)22-29)24-31-32(35)9-5-10-33(31)36;;/h2-3,5-6,8-10,12-13,22,26H,4,7,11,14-21,23-24H2,1H3;2*1H. The lowest BCUT2D eigenvalue weighted by Crippen LogP contribution is -2.33. The molecule has 0 bridgehead atoms. The van der Waals surface area contributed by atoms with Gasteiger partial charge in [0, 0.05) is 43.7 Å². The second-order valence-electron chi connectivity index (χ2n) is 11.4. The molecule has 0 N–H and O–H groups in total. The van der Waals surface area contributed by atoms with Gasteiger partial charge in [-0.15, -0.1) is 24.8 Å². The average molecular weight is 604 g/mol. The van der Waals surface area contributed by atoms with E-state index in [0.717, 1.165) is 64.0 Å². The van der Waals surface area contributed by atoms with E-state index in [1.54, 1.807) is 0 Å². The molecule has 1 saturated heterocycles. The zero-order valence-corrected chi connectivity index (χ0v) is 25.6. The molecule has 0 radical (unpaired) electrons. The predicted octanol–water partition coefficient (Wildman–Crippen LogP) is 7.98. The minimum Gasteiger partial charge on any atom is -0.299 e. The Labute approximate surface area is 256 Å². The molecule has 0 unspecified atom stereocenters. The Kier molecular flexibility index (Phi) is 12.8. The molecule has 0 spiro atoms. The van der Waals surface area contributed by atoms with Gasteiger partial charge in [0.25, 0.3) is 0 Å². The van der Waals surface area contributed by atoms with E-state index in [4.69, 9.17) is 0 Å². The van der Waals surface area contributed by atoms with Crippen LogP contribution in [0.3, 0.4) is 0 Å². The van der Waals surface area contributed by atoms with Crippen LogP contribution in [0.5, 0.6) is 0 Å². The molecule has 5 rings (SSSR count). The molecule has 2 heterocycles. The summed E-state index contributed by atoms with van der Waals surface area (Å²) in [5, 5.41) is 0. The van der Waals surface area contributed by atoms with Crippen molar-refractivity contribution in [1.82, 2.24) is 9.80 Å². The smallest absolute Gasteiger partial charge is 0.162 e. The first-order valence-electron chi connectivity index (χ1n) is 14.5. The first-order chi connectivity index (χ1) is 19.0. The molecule has 1 fully saturated rings. The maximum absolute atomic E-state index is 14.1. The van der Waals surface area contributed by atoms with Gasteiger partial charge in [-0.05, 0) is 105 Å². The molecule has 0 saturated carbocycles. The average Bonchev–Trinajstić information content (AvgIpc) is 3.15. The second-order valence-corrected chi connectivity index (χ2v) is 11.4. The molecule has 0 atom stereocenters. The Morgan fingerprint density at radius 1 is 0.805 bits per heavy atom. The number of hydrogen-bond acceptors (Lipinski definition) is 3. The van der Waals surface area contributed by atoms with Crippen molar-refractivity contribution in [2.24, 2.45) is 5.92 Å². The number of ketones is 1. The van der Waals surface area contributed by atoms with Crippen LogP contribution in [0.2, 0.25) is 0 Å². The van der Waals surface area contributed by atoms with Gasteiger partial charge in [-0.25, -0.2) is 8.78 Å². The fraction of sp³-hybridized carbons (Fsp3) is 0.441.